The van der Waals surface area contributed by atoms with Crippen LogP contribution in [0.4, 0.5) is 0 Å². The highest BCUT2D eigenvalue weighted by atomic mass is 32.2. The molecule has 0 radical (unpaired) electrons. The number of benzene rings is 2. The van der Waals surface area contributed by atoms with Crippen molar-refractivity contribution in [3.63, 3.8) is 0 Å². The minimum Gasteiger partial charge on any atom is -0.361 e. The third-order valence-electron chi connectivity index (χ3n) is 4.32. The molecule has 0 aliphatic carbocycles. The molecule has 0 fully saturated rings. The number of aryl methyl sites for hydroxylation is 3. The molecule has 126 valence electrons. The van der Waals surface area contributed by atoms with Crippen LogP contribution in [0, 0.1) is 20.8 Å². The number of aromatic nitrogens is 3. The van der Waals surface area contributed by atoms with Gasteiger partial charge in [0.15, 0.2) is 5.16 Å². The fraction of sp³-hybridized carbons (Fsp3) is 0.200. The number of imidazole rings is 1. The van der Waals surface area contributed by atoms with Gasteiger partial charge in [0.05, 0.1) is 16.7 Å². The Bertz CT molecular complexity index is 1030. The fourth-order valence-electron chi connectivity index (χ4n) is 2.96. The summed E-state index contributed by atoms with van der Waals surface area (Å²) in [6, 6.07) is 16.8. The highest BCUT2D eigenvalue weighted by Crippen LogP contribution is 2.31. The predicted octanol–water partition coefficient (Wildman–Crippen LogP) is 5.23. The monoisotopic (exact) mass is 349 g/mol. The number of rotatable bonds is 4. The van der Waals surface area contributed by atoms with E-state index in [9.17, 15) is 0 Å². The topological polar surface area (TPSA) is 43.9 Å². The molecular formula is C20H19N3OS. The van der Waals surface area contributed by atoms with Gasteiger partial charge in [0.25, 0.3) is 0 Å². The Morgan fingerprint density at radius 1 is 1.04 bits per heavy atom. The summed E-state index contributed by atoms with van der Waals surface area (Å²) in [7, 11) is 0. The van der Waals surface area contributed by atoms with Crippen LogP contribution in [0.1, 0.15) is 22.6 Å². The van der Waals surface area contributed by atoms with Crippen LogP contribution < -0.4 is 0 Å². The number of fused-ring (bicyclic) bond motifs is 1. The Balaban J connectivity index is 1.79. The van der Waals surface area contributed by atoms with Gasteiger partial charge in [-0.1, -0.05) is 41.2 Å². The van der Waals surface area contributed by atoms with Gasteiger partial charge in [-0.2, -0.15) is 0 Å². The molecule has 4 rings (SSSR count). The first-order valence-corrected chi connectivity index (χ1v) is 9.21. The molecular weight excluding hydrogens is 330 g/mol. The fourth-order valence-corrected chi connectivity index (χ4v) is 4.14. The van der Waals surface area contributed by atoms with Crippen molar-refractivity contribution in [2.45, 2.75) is 31.7 Å². The number of para-hydroxylation sites is 2. The Hall–Kier alpha value is -2.53. The quantitative estimate of drug-likeness (QED) is 0.473. The first kappa shape index (κ1) is 16.0. The molecule has 0 amide bonds. The molecule has 4 nitrogen and oxygen atoms in total. The molecule has 4 aromatic rings. The average molecular weight is 349 g/mol. The molecule has 0 aliphatic rings. The molecule has 0 unspecified atom stereocenters. The Labute approximate surface area is 150 Å². The van der Waals surface area contributed by atoms with Crippen molar-refractivity contribution >= 4 is 22.8 Å². The molecule has 25 heavy (non-hydrogen) atoms. The maximum atomic E-state index is 5.28. The summed E-state index contributed by atoms with van der Waals surface area (Å²) in [6.45, 7) is 6.05. The van der Waals surface area contributed by atoms with Crippen molar-refractivity contribution in [3.05, 3.63) is 71.1 Å². The second-order valence-corrected chi connectivity index (χ2v) is 7.09. The lowest BCUT2D eigenvalue weighted by atomic mass is 10.2. The zero-order valence-corrected chi connectivity index (χ0v) is 15.3. The van der Waals surface area contributed by atoms with E-state index < -0.39 is 0 Å². The van der Waals surface area contributed by atoms with Gasteiger partial charge in [-0.15, -0.1) is 0 Å². The van der Waals surface area contributed by atoms with Crippen LogP contribution in [-0.2, 0) is 5.75 Å². The van der Waals surface area contributed by atoms with Gasteiger partial charge in [-0.25, -0.2) is 4.98 Å². The van der Waals surface area contributed by atoms with Crippen molar-refractivity contribution in [1.82, 2.24) is 14.7 Å². The lowest BCUT2D eigenvalue weighted by molar-refractivity contribution is 0.392. The normalized spacial score (nSPS) is 11.3. The van der Waals surface area contributed by atoms with E-state index in [4.69, 9.17) is 9.51 Å². The minimum atomic E-state index is 0.788. The molecule has 0 atom stereocenters. The molecule has 0 saturated carbocycles. The van der Waals surface area contributed by atoms with Gasteiger partial charge < -0.3 is 4.52 Å². The third-order valence-corrected chi connectivity index (χ3v) is 5.28. The second kappa shape index (κ2) is 6.41. The first-order chi connectivity index (χ1) is 12.1. The van der Waals surface area contributed by atoms with Crippen LogP contribution in [0.5, 0.6) is 0 Å². The maximum Gasteiger partial charge on any atom is 0.174 e. The van der Waals surface area contributed by atoms with E-state index in [1.165, 1.54) is 5.56 Å². The molecule has 5 heteroatoms. The third kappa shape index (κ3) is 2.96. The standard InChI is InChI=1S/C20H19N3OS/c1-13-7-6-8-16(11-13)23-19-10-5-4-9-18(19)21-20(23)25-12-17-14(2)22-24-15(17)3/h4-11H,12H2,1-3H3. The van der Waals surface area contributed by atoms with Crippen molar-refractivity contribution < 1.29 is 4.52 Å². The number of hydrogen-bond donors (Lipinski definition) is 0. The zero-order chi connectivity index (χ0) is 17.4. The predicted molar refractivity (Wildman–Crippen MR) is 101 cm³/mol. The largest absolute Gasteiger partial charge is 0.361 e. The van der Waals surface area contributed by atoms with E-state index in [1.54, 1.807) is 11.8 Å². The Morgan fingerprint density at radius 3 is 2.64 bits per heavy atom. The second-order valence-electron chi connectivity index (χ2n) is 6.15. The van der Waals surface area contributed by atoms with E-state index in [0.29, 0.717) is 0 Å². The summed E-state index contributed by atoms with van der Waals surface area (Å²) < 4.78 is 7.51. The molecule has 2 heterocycles. The van der Waals surface area contributed by atoms with Crippen molar-refractivity contribution in [2.75, 3.05) is 0 Å². The van der Waals surface area contributed by atoms with Gasteiger partial charge in [0.2, 0.25) is 0 Å². The summed E-state index contributed by atoms with van der Waals surface area (Å²) in [6.07, 6.45) is 0. The number of nitrogens with zero attached hydrogens (tertiary/aromatic N) is 3. The van der Waals surface area contributed by atoms with Gasteiger partial charge in [0.1, 0.15) is 5.76 Å². The molecule has 2 aromatic heterocycles. The summed E-state index contributed by atoms with van der Waals surface area (Å²) >= 11 is 1.71. The van der Waals surface area contributed by atoms with Crippen LogP contribution in [0.3, 0.4) is 0 Å². The highest BCUT2D eigenvalue weighted by Gasteiger charge is 2.15. The molecule has 0 spiro atoms. The SMILES string of the molecule is Cc1cccc(-n2c(SCc3c(C)noc3C)nc3ccccc32)c1. The lowest BCUT2D eigenvalue weighted by Gasteiger charge is -2.09. The molecule has 0 saturated heterocycles. The molecule has 0 N–H and O–H groups in total. The van der Waals surface area contributed by atoms with Crippen LogP contribution in [0.25, 0.3) is 16.7 Å². The summed E-state index contributed by atoms with van der Waals surface area (Å²) in [5.74, 6) is 1.67. The van der Waals surface area contributed by atoms with Gasteiger partial charge in [0, 0.05) is 17.0 Å². The van der Waals surface area contributed by atoms with Crippen molar-refractivity contribution in [3.8, 4) is 5.69 Å². The van der Waals surface area contributed by atoms with E-state index in [-0.39, 0.29) is 0 Å². The lowest BCUT2D eigenvalue weighted by Crippen LogP contribution is -1.97. The average Bonchev–Trinajstić information content (AvgIpc) is 3.13. The van der Waals surface area contributed by atoms with E-state index in [2.05, 4.69) is 59.1 Å². The van der Waals surface area contributed by atoms with Crippen molar-refractivity contribution in [1.29, 1.82) is 0 Å². The Morgan fingerprint density at radius 2 is 1.88 bits per heavy atom. The summed E-state index contributed by atoms with van der Waals surface area (Å²) in [5.41, 5.74) is 6.59. The summed E-state index contributed by atoms with van der Waals surface area (Å²) in [4.78, 5) is 4.85. The van der Waals surface area contributed by atoms with E-state index in [1.807, 2.05) is 19.9 Å². The van der Waals surface area contributed by atoms with E-state index in [0.717, 1.165) is 44.6 Å². The smallest absolute Gasteiger partial charge is 0.174 e. The van der Waals surface area contributed by atoms with Gasteiger partial charge in [-0.05, 0) is 50.6 Å². The van der Waals surface area contributed by atoms with Crippen molar-refractivity contribution in [2.24, 2.45) is 0 Å². The minimum absolute atomic E-state index is 0.788. The maximum absolute atomic E-state index is 5.28. The first-order valence-electron chi connectivity index (χ1n) is 8.22. The van der Waals surface area contributed by atoms with Crippen LogP contribution in [-0.4, -0.2) is 14.7 Å². The van der Waals surface area contributed by atoms with Crippen LogP contribution in [0.15, 0.2) is 58.2 Å². The highest BCUT2D eigenvalue weighted by molar-refractivity contribution is 7.98. The molecule has 2 aromatic carbocycles. The number of thioether (sulfide) groups is 1. The van der Waals surface area contributed by atoms with Crippen LogP contribution >= 0.6 is 11.8 Å². The van der Waals surface area contributed by atoms with Crippen LogP contribution in [0.2, 0.25) is 0 Å². The molecule has 0 aliphatic heterocycles. The zero-order valence-electron chi connectivity index (χ0n) is 14.5. The van der Waals surface area contributed by atoms with Gasteiger partial charge >= 0.3 is 0 Å². The summed E-state index contributed by atoms with van der Waals surface area (Å²) in [5, 5.41) is 5.03. The Kier molecular flexibility index (Phi) is 4.09. The van der Waals surface area contributed by atoms with E-state index >= 15 is 0 Å². The number of hydrogen-bond acceptors (Lipinski definition) is 4. The van der Waals surface area contributed by atoms with Gasteiger partial charge in [-0.3, -0.25) is 4.57 Å². The molecule has 0 bridgehead atoms.